The van der Waals surface area contributed by atoms with E-state index in [4.69, 9.17) is 5.11 Å². The smallest absolute Gasteiger partial charge is 0.343 e. The number of aliphatic hydroxyl groups excluding tert-OH is 1. The third-order valence-electron chi connectivity index (χ3n) is 3.18. The maximum atomic E-state index is 11.3. The van der Waals surface area contributed by atoms with Crippen molar-refractivity contribution < 1.29 is 19.9 Å². The number of carbonyl (C=O) groups is 1. The van der Waals surface area contributed by atoms with Crippen LogP contribution >= 0.6 is 0 Å². The largest absolute Gasteiger partial charge is 0.477 e. The van der Waals surface area contributed by atoms with E-state index in [1.165, 1.54) is 12.1 Å². The molecule has 0 spiro atoms. The van der Waals surface area contributed by atoms with Crippen molar-refractivity contribution in [3.8, 4) is 0 Å². The van der Waals surface area contributed by atoms with Crippen molar-refractivity contribution in [1.29, 1.82) is 0 Å². The molecule has 0 heterocycles. The van der Waals surface area contributed by atoms with Gasteiger partial charge in [-0.05, 0) is 38.4 Å². The zero-order valence-electron chi connectivity index (χ0n) is 12.0. The minimum absolute atomic E-state index is 0.164. The van der Waals surface area contributed by atoms with Crippen molar-refractivity contribution >= 4 is 11.7 Å². The van der Waals surface area contributed by atoms with Crippen molar-refractivity contribution in [1.82, 2.24) is 4.90 Å². The first-order valence-corrected chi connectivity index (χ1v) is 6.76. The van der Waals surface area contributed by atoms with Crippen molar-refractivity contribution in [2.75, 3.05) is 20.2 Å². The number of nitrogens with zero attached hydrogens (tertiary/aromatic N) is 2. The van der Waals surface area contributed by atoms with Crippen LogP contribution in [-0.4, -0.2) is 46.2 Å². The lowest BCUT2D eigenvalue weighted by molar-refractivity contribution is -0.385. The van der Waals surface area contributed by atoms with Crippen LogP contribution in [0.2, 0.25) is 0 Å². The second kappa shape index (κ2) is 8.33. The second-order valence-electron chi connectivity index (χ2n) is 4.90. The number of nitro groups is 1. The number of nitro benzene ring substituents is 1. The van der Waals surface area contributed by atoms with Crippen LogP contribution in [0.5, 0.6) is 0 Å². The van der Waals surface area contributed by atoms with Crippen LogP contribution in [0.4, 0.5) is 5.69 Å². The van der Waals surface area contributed by atoms with Crippen molar-refractivity contribution in [2.24, 2.45) is 0 Å². The molecule has 1 aromatic carbocycles. The molecular weight excluding hydrogens is 276 g/mol. The fraction of sp³-hybridized carbons (Fsp3) is 0.500. The van der Waals surface area contributed by atoms with Gasteiger partial charge in [0.05, 0.1) is 4.92 Å². The number of aliphatic hydroxyl groups is 1. The van der Waals surface area contributed by atoms with Gasteiger partial charge in [0.1, 0.15) is 5.56 Å². The highest BCUT2D eigenvalue weighted by molar-refractivity contribution is 5.94. The number of carboxylic acids is 1. The number of hydrogen-bond acceptors (Lipinski definition) is 5. The molecule has 0 aromatic heterocycles. The molecule has 1 rings (SSSR count). The monoisotopic (exact) mass is 296 g/mol. The standard InChI is InChI=1S/C14H20N2O5/c1-15(8-3-2-4-9-17)10-11-6-5-7-12(16(20)21)13(11)14(18)19/h5-7,17H,2-4,8-10H2,1H3,(H,18,19). The second-order valence-corrected chi connectivity index (χ2v) is 4.90. The van der Waals surface area contributed by atoms with Crippen molar-refractivity contribution in [3.63, 3.8) is 0 Å². The third kappa shape index (κ3) is 5.13. The lowest BCUT2D eigenvalue weighted by atomic mass is 10.0. The average molecular weight is 296 g/mol. The summed E-state index contributed by atoms with van der Waals surface area (Å²) in [4.78, 5) is 23.4. The van der Waals surface area contributed by atoms with E-state index < -0.39 is 10.9 Å². The summed E-state index contributed by atoms with van der Waals surface area (Å²) >= 11 is 0. The first-order chi connectivity index (χ1) is 9.97. The van der Waals surface area contributed by atoms with Crippen LogP contribution in [0.25, 0.3) is 0 Å². The van der Waals surface area contributed by atoms with Gasteiger partial charge < -0.3 is 15.1 Å². The summed E-state index contributed by atoms with van der Waals surface area (Å²) in [5.74, 6) is -1.29. The Labute approximate surface area is 123 Å². The fourth-order valence-electron chi connectivity index (χ4n) is 2.16. The summed E-state index contributed by atoms with van der Waals surface area (Å²) in [6.45, 7) is 1.24. The normalized spacial score (nSPS) is 10.8. The van der Waals surface area contributed by atoms with Crippen LogP contribution in [-0.2, 0) is 6.54 Å². The minimum atomic E-state index is -1.29. The van der Waals surface area contributed by atoms with Crippen LogP contribution in [0.15, 0.2) is 18.2 Å². The topological polar surface area (TPSA) is 104 Å². The summed E-state index contributed by atoms with van der Waals surface area (Å²) in [5.41, 5.74) is -0.195. The zero-order chi connectivity index (χ0) is 15.8. The van der Waals surface area contributed by atoms with E-state index in [1.807, 2.05) is 11.9 Å². The fourth-order valence-corrected chi connectivity index (χ4v) is 2.16. The highest BCUT2D eigenvalue weighted by Crippen LogP contribution is 2.23. The van der Waals surface area contributed by atoms with E-state index in [1.54, 1.807) is 6.07 Å². The number of rotatable bonds is 9. The van der Waals surface area contributed by atoms with E-state index >= 15 is 0 Å². The SMILES string of the molecule is CN(CCCCCO)Cc1cccc([N+](=O)[O-])c1C(=O)O. The molecule has 7 heteroatoms. The molecule has 0 bridgehead atoms. The highest BCUT2D eigenvalue weighted by Gasteiger charge is 2.23. The summed E-state index contributed by atoms with van der Waals surface area (Å²) in [7, 11) is 1.84. The molecule has 0 aliphatic heterocycles. The molecule has 0 aliphatic carbocycles. The minimum Gasteiger partial charge on any atom is -0.477 e. The number of aromatic carboxylic acids is 1. The Morgan fingerprint density at radius 2 is 2.05 bits per heavy atom. The van der Waals surface area contributed by atoms with Gasteiger partial charge in [0.25, 0.3) is 5.69 Å². The summed E-state index contributed by atoms with van der Waals surface area (Å²) in [6.07, 6.45) is 2.51. The predicted molar refractivity (Wildman–Crippen MR) is 77.3 cm³/mol. The van der Waals surface area contributed by atoms with Gasteiger partial charge in [-0.15, -0.1) is 0 Å². The number of benzene rings is 1. The number of unbranched alkanes of at least 4 members (excludes halogenated alkanes) is 2. The number of hydrogen-bond donors (Lipinski definition) is 2. The molecule has 0 atom stereocenters. The molecule has 0 radical (unpaired) electrons. The van der Waals surface area contributed by atoms with Gasteiger partial charge in [-0.25, -0.2) is 4.79 Å². The molecule has 7 nitrogen and oxygen atoms in total. The molecule has 2 N–H and O–H groups in total. The van der Waals surface area contributed by atoms with E-state index in [0.717, 1.165) is 25.8 Å². The quantitative estimate of drug-likeness (QED) is 0.409. The van der Waals surface area contributed by atoms with E-state index in [2.05, 4.69) is 0 Å². The third-order valence-corrected chi connectivity index (χ3v) is 3.18. The molecule has 0 unspecified atom stereocenters. The molecule has 21 heavy (non-hydrogen) atoms. The van der Waals surface area contributed by atoms with Crippen LogP contribution in [0.1, 0.15) is 35.2 Å². The maximum absolute atomic E-state index is 11.3. The first kappa shape index (κ1) is 17.1. The zero-order valence-corrected chi connectivity index (χ0v) is 12.0. The van der Waals surface area contributed by atoms with Gasteiger partial charge in [-0.3, -0.25) is 10.1 Å². The summed E-state index contributed by atoms with van der Waals surface area (Å²) < 4.78 is 0. The van der Waals surface area contributed by atoms with Gasteiger partial charge >= 0.3 is 5.97 Å². The van der Waals surface area contributed by atoms with Gasteiger partial charge in [-0.1, -0.05) is 12.1 Å². The highest BCUT2D eigenvalue weighted by atomic mass is 16.6. The molecule has 0 aliphatic rings. The Hall–Kier alpha value is -1.99. The van der Waals surface area contributed by atoms with Gasteiger partial charge in [0.15, 0.2) is 0 Å². The Morgan fingerprint density at radius 1 is 1.33 bits per heavy atom. The molecule has 116 valence electrons. The molecule has 0 fully saturated rings. The van der Waals surface area contributed by atoms with Gasteiger partial charge in [0, 0.05) is 19.2 Å². The lowest BCUT2D eigenvalue weighted by Crippen LogP contribution is -2.21. The number of carboxylic acid groups (broad SMARTS) is 1. The molecule has 1 aromatic rings. The molecular formula is C14H20N2O5. The van der Waals surface area contributed by atoms with Crippen molar-refractivity contribution in [3.05, 3.63) is 39.4 Å². The molecule has 0 amide bonds. The Morgan fingerprint density at radius 3 is 2.62 bits per heavy atom. The van der Waals surface area contributed by atoms with Crippen LogP contribution in [0, 0.1) is 10.1 Å². The van der Waals surface area contributed by atoms with Crippen molar-refractivity contribution in [2.45, 2.75) is 25.8 Å². The van der Waals surface area contributed by atoms with E-state index in [9.17, 15) is 20.0 Å². The van der Waals surface area contributed by atoms with E-state index in [-0.39, 0.29) is 17.9 Å². The molecule has 0 saturated carbocycles. The Kier molecular flexibility index (Phi) is 6.77. The van der Waals surface area contributed by atoms with Gasteiger partial charge in [-0.2, -0.15) is 0 Å². The van der Waals surface area contributed by atoms with Crippen LogP contribution in [0.3, 0.4) is 0 Å². The lowest BCUT2D eigenvalue weighted by Gasteiger charge is -2.17. The van der Waals surface area contributed by atoms with Gasteiger partial charge in [0.2, 0.25) is 0 Å². The predicted octanol–water partition coefficient (Wildman–Crippen LogP) is 1.89. The van der Waals surface area contributed by atoms with E-state index in [0.29, 0.717) is 12.1 Å². The summed E-state index contributed by atoms with van der Waals surface area (Å²) in [5, 5.41) is 28.8. The molecule has 0 saturated heterocycles. The average Bonchev–Trinajstić information content (AvgIpc) is 2.43. The Balaban J connectivity index is 2.80. The Bertz CT molecular complexity index is 504. The maximum Gasteiger partial charge on any atom is 0.343 e. The summed E-state index contributed by atoms with van der Waals surface area (Å²) in [6, 6.07) is 4.30. The first-order valence-electron chi connectivity index (χ1n) is 6.76. The van der Waals surface area contributed by atoms with Crippen LogP contribution < -0.4 is 0 Å².